The Morgan fingerprint density at radius 1 is 1.35 bits per heavy atom. The van der Waals surface area contributed by atoms with Gasteiger partial charge in [0.2, 0.25) is 0 Å². The van der Waals surface area contributed by atoms with Crippen LogP contribution in [0.25, 0.3) is 0 Å². The number of ether oxygens (including phenoxy) is 2. The minimum absolute atomic E-state index is 0.0865. The Balaban J connectivity index is 1.90. The molecule has 0 spiro atoms. The highest BCUT2D eigenvalue weighted by Gasteiger charge is 2.45. The summed E-state index contributed by atoms with van der Waals surface area (Å²) >= 11 is 0. The van der Waals surface area contributed by atoms with Crippen LogP contribution in [0.5, 0.6) is 5.75 Å². The molecule has 1 unspecified atom stereocenters. The minimum Gasteiger partial charge on any atom is -0.497 e. The van der Waals surface area contributed by atoms with E-state index in [0.717, 1.165) is 24.2 Å². The second-order valence-corrected chi connectivity index (χ2v) is 6.79. The minimum atomic E-state index is -0.970. The van der Waals surface area contributed by atoms with Crippen LogP contribution in [-0.4, -0.2) is 30.2 Å². The molecule has 0 amide bonds. The Morgan fingerprint density at radius 2 is 2.10 bits per heavy atom. The van der Waals surface area contributed by atoms with Gasteiger partial charge < -0.3 is 9.47 Å². The van der Waals surface area contributed by atoms with Gasteiger partial charge in [0.25, 0.3) is 0 Å². The third-order valence-corrected chi connectivity index (χ3v) is 5.22. The summed E-state index contributed by atoms with van der Waals surface area (Å²) in [7, 11) is 2.04. The molecule has 0 bridgehead atoms. The van der Waals surface area contributed by atoms with E-state index in [4.69, 9.17) is 9.47 Å². The highest BCUT2D eigenvalue weighted by molar-refractivity contribution is 7.84. The molecule has 0 saturated heterocycles. The van der Waals surface area contributed by atoms with Crippen LogP contribution in [0.3, 0.4) is 0 Å². The summed E-state index contributed by atoms with van der Waals surface area (Å²) in [5, 5.41) is 0. The van der Waals surface area contributed by atoms with E-state index in [0.29, 0.717) is 17.9 Å². The van der Waals surface area contributed by atoms with Crippen molar-refractivity contribution in [3.8, 4) is 5.75 Å². The van der Waals surface area contributed by atoms with Gasteiger partial charge in [0.1, 0.15) is 5.75 Å². The third kappa shape index (κ3) is 4.07. The molecule has 0 radical (unpaired) electrons. The lowest BCUT2D eigenvalue weighted by Crippen LogP contribution is -2.18. The number of carbonyl (C=O) groups is 1. The van der Waals surface area contributed by atoms with E-state index in [1.165, 1.54) is 7.11 Å². The monoisotopic (exact) mass is 296 g/mol. The van der Waals surface area contributed by atoms with Crippen molar-refractivity contribution in [2.45, 2.75) is 25.0 Å². The Labute approximate surface area is 121 Å². The molecule has 1 aliphatic rings. The fourth-order valence-corrected chi connectivity index (χ4v) is 4.00. The van der Waals surface area contributed by atoms with Crippen molar-refractivity contribution in [1.82, 2.24) is 0 Å². The van der Waals surface area contributed by atoms with Crippen molar-refractivity contribution in [2.75, 3.05) is 20.0 Å². The molecule has 20 heavy (non-hydrogen) atoms. The number of carbonyl (C=O) groups excluding carboxylic acids is 1. The van der Waals surface area contributed by atoms with E-state index in [-0.39, 0.29) is 11.4 Å². The molecule has 1 aromatic rings. The maximum Gasteiger partial charge on any atom is 0.306 e. The molecule has 0 aromatic heterocycles. The van der Waals surface area contributed by atoms with Gasteiger partial charge in [-0.2, -0.15) is 0 Å². The molecule has 1 atom stereocenters. The molecule has 0 aliphatic heterocycles. The zero-order valence-corrected chi connectivity index (χ0v) is 12.7. The highest BCUT2D eigenvalue weighted by atomic mass is 32.2. The van der Waals surface area contributed by atoms with Crippen LogP contribution < -0.4 is 4.74 Å². The second-order valence-electron chi connectivity index (χ2n) is 5.33. The van der Waals surface area contributed by atoms with E-state index in [1.54, 1.807) is 7.11 Å². The van der Waals surface area contributed by atoms with Crippen molar-refractivity contribution >= 4 is 16.8 Å². The summed E-state index contributed by atoms with van der Waals surface area (Å²) in [5.74, 6) is 1.63. The zero-order chi connectivity index (χ0) is 14.6. The summed E-state index contributed by atoms with van der Waals surface area (Å²) in [4.78, 5) is 11.4. The van der Waals surface area contributed by atoms with Crippen molar-refractivity contribution in [2.24, 2.45) is 5.41 Å². The van der Waals surface area contributed by atoms with Gasteiger partial charge in [-0.15, -0.1) is 0 Å². The lowest BCUT2D eigenvalue weighted by Gasteiger charge is -2.13. The molecule has 1 saturated carbocycles. The van der Waals surface area contributed by atoms with Gasteiger partial charge in [-0.3, -0.25) is 9.00 Å². The number of hydrogen-bond donors (Lipinski definition) is 0. The largest absolute Gasteiger partial charge is 0.497 e. The lowest BCUT2D eigenvalue weighted by atomic mass is 10.1. The predicted molar refractivity (Wildman–Crippen MR) is 78.0 cm³/mol. The molecular formula is C15H20O4S. The van der Waals surface area contributed by atoms with Crippen molar-refractivity contribution in [3.63, 3.8) is 0 Å². The molecule has 4 nitrogen and oxygen atoms in total. The third-order valence-electron chi connectivity index (χ3n) is 3.63. The van der Waals surface area contributed by atoms with Crippen molar-refractivity contribution < 1.29 is 18.5 Å². The molecule has 1 aliphatic carbocycles. The average molecular weight is 296 g/mol. The predicted octanol–water partition coefficient (Wildman–Crippen LogP) is 2.29. The van der Waals surface area contributed by atoms with Gasteiger partial charge >= 0.3 is 5.97 Å². The van der Waals surface area contributed by atoms with Gasteiger partial charge in [-0.1, -0.05) is 12.1 Å². The van der Waals surface area contributed by atoms with Crippen LogP contribution in [0.2, 0.25) is 0 Å². The molecule has 5 heteroatoms. The lowest BCUT2D eigenvalue weighted by molar-refractivity contribution is -0.141. The Morgan fingerprint density at radius 3 is 2.70 bits per heavy atom. The molecule has 110 valence electrons. The van der Waals surface area contributed by atoms with Crippen LogP contribution in [0, 0.1) is 5.41 Å². The Hall–Kier alpha value is -1.36. The summed E-state index contributed by atoms with van der Waals surface area (Å²) in [6.07, 6.45) is 2.31. The Kier molecular flexibility index (Phi) is 4.81. The Bertz CT molecular complexity index is 508. The first kappa shape index (κ1) is 15.0. The summed E-state index contributed by atoms with van der Waals surface area (Å²) in [6, 6.07) is 7.61. The van der Waals surface area contributed by atoms with Gasteiger partial charge in [0.15, 0.2) is 0 Å². The second kappa shape index (κ2) is 6.39. The molecule has 2 rings (SSSR count). The number of methoxy groups -OCH3 is 2. The first-order valence-corrected chi connectivity index (χ1v) is 8.10. The zero-order valence-electron chi connectivity index (χ0n) is 11.9. The number of hydrogen-bond acceptors (Lipinski definition) is 4. The molecule has 0 N–H and O–H groups in total. The van der Waals surface area contributed by atoms with Gasteiger partial charge in [-0.05, 0) is 36.0 Å². The highest BCUT2D eigenvalue weighted by Crippen LogP contribution is 2.49. The standard InChI is InChI=1S/C15H20O4S/c1-18-13-5-3-4-12(8-13)10-20(17)11-15(6-7-15)9-14(16)19-2/h3-5,8H,6-7,9-11H2,1-2H3. The van der Waals surface area contributed by atoms with E-state index in [9.17, 15) is 9.00 Å². The molecule has 1 fully saturated rings. The van der Waals surface area contributed by atoms with E-state index < -0.39 is 10.8 Å². The van der Waals surface area contributed by atoms with Crippen molar-refractivity contribution in [3.05, 3.63) is 29.8 Å². The number of esters is 1. The van der Waals surface area contributed by atoms with Gasteiger partial charge in [0, 0.05) is 22.3 Å². The first-order valence-electron chi connectivity index (χ1n) is 6.62. The van der Waals surface area contributed by atoms with Crippen LogP contribution >= 0.6 is 0 Å². The molecule has 0 heterocycles. The van der Waals surface area contributed by atoms with E-state index in [1.807, 2.05) is 24.3 Å². The van der Waals surface area contributed by atoms with Crippen LogP contribution in [0.1, 0.15) is 24.8 Å². The molecular weight excluding hydrogens is 276 g/mol. The van der Waals surface area contributed by atoms with Gasteiger partial charge in [0.05, 0.1) is 20.6 Å². The summed E-state index contributed by atoms with van der Waals surface area (Å²) in [5.41, 5.74) is 0.910. The maximum absolute atomic E-state index is 12.3. The van der Waals surface area contributed by atoms with Crippen LogP contribution in [0.4, 0.5) is 0 Å². The maximum atomic E-state index is 12.3. The number of benzene rings is 1. The van der Waals surface area contributed by atoms with Crippen molar-refractivity contribution in [1.29, 1.82) is 0 Å². The normalized spacial score (nSPS) is 17.3. The van der Waals surface area contributed by atoms with E-state index in [2.05, 4.69) is 0 Å². The fraction of sp³-hybridized carbons (Fsp3) is 0.533. The smallest absolute Gasteiger partial charge is 0.306 e. The average Bonchev–Trinajstić information content (AvgIpc) is 3.17. The quantitative estimate of drug-likeness (QED) is 0.724. The topological polar surface area (TPSA) is 52.6 Å². The fourth-order valence-electron chi connectivity index (χ4n) is 2.27. The SMILES string of the molecule is COC(=O)CC1(CS(=O)Cc2cccc(OC)c2)CC1. The van der Waals surface area contributed by atoms with Crippen LogP contribution in [0.15, 0.2) is 24.3 Å². The first-order chi connectivity index (χ1) is 9.57. The van der Waals surface area contributed by atoms with Crippen LogP contribution in [-0.2, 0) is 26.1 Å². The van der Waals surface area contributed by atoms with Gasteiger partial charge in [-0.25, -0.2) is 0 Å². The summed E-state index contributed by atoms with van der Waals surface area (Å²) in [6.45, 7) is 0. The van der Waals surface area contributed by atoms with E-state index >= 15 is 0 Å². The number of rotatable bonds is 7. The summed E-state index contributed by atoms with van der Waals surface area (Å²) < 4.78 is 22.1. The molecule has 1 aromatic carbocycles.